The Balaban J connectivity index is 2.01. The fraction of sp³-hybridized carbons (Fsp3) is 0.176. The van der Waals surface area contributed by atoms with Crippen LogP contribution >= 0.6 is 0 Å². The van der Waals surface area contributed by atoms with Gasteiger partial charge in [-0.3, -0.25) is 0 Å². The molecule has 23 heavy (non-hydrogen) atoms. The van der Waals surface area contributed by atoms with Crippen LogP contribution in [0, 0.1) is 0 Å². The SMILES string of the molecule is NC(=O)NC(Cc1cccc(OCc2ccccc2)c1)C(=O)O. The van der Waals surface area contributed by atoms with Gasteiger partial charge in [0.1, 0.15) is 18.4 Å². The van der Waals surface area contributed by atoms with Crippen molar-refractivity contribution in [3.63, 3.8) is 0 Å². The minimum Gasteiger partial charge on any atom is -0.489 e. The number of nitrogens with one attached hydrogen (secondary N) is 1. The summed E-state index contributed by atoms with van der Waals surface area (Å²) in [5.41, 5.74) is 6.76. The first-order chi connectivity index (χ1) is 11.0. The molecule has 0 fully saturated rings. The first-order valence-electron chi connectivity index (χ1n) is 7.09. The van der Waals surface area contributed by atoms with Crippen LogP contribution in [0.5, 0.6) is 5.75 Å². The normalized spacial score (nSPS) is 11.5. The number of benzene rings is 2. The number of carboxylic acids is 1. The molecule has 1 unspecified atom stereocenters. The zero-order valence-corrected chi connectivity index (χ0v) is 12.4. The molecule has 1 atom stereocenters. The second kappa shape index (κ2) is 7.84. The van der Waals surface area contributed by atoms with E-state index in [1.807, 2.05) is 30.3 Å². The number of carbonyl (C=O) groups is 2. The van der Waals surface area contributed by atoms with Gasteiger partial charge in [-0.2, -0.15) is 0 Å². The third-order valence-corrected chi connectivity index (χ3v) is 3.20. The van der Waals surface area contributed by atoms with Gasteiger partial charge >= 0.3 is 12.0 Å². The minimum absolute atomic E-state index is 0.126. The van der Waals surface area contributed by atoms with E-state index in [0.717, 1.165) is 11.1 Å². The first kappa shape index (κ1) is 16.4. The molecule has 0 aliphatic rings. The number of carboxylic acid groups (broad SMARTS) is 1. The summed E-state index contributed by atoms with van der Waals surface area (Å²) in [6.45, 7) is 0.423. The molecule has 0 spiro atoms. The molecule has 0 saturated carbocycles. The zero-order valence-electron chi connectivity index (χ0n) is 12.4. The lowest BCUT2D eigenvalue weighted by Crippen LogP contribution is -2.44. The van der Waals surface area contributed by atoms with Gasteiger partial charge in [0.2, 0.25) is 0 Å². The summed E-state index contributed by atoms with van der Waals surface area (Å²) in [6.07, 6.45) is 0.126. The molecule has 120 valence electrons. The predicted molar refractivity (Wildman–Crippen MR) is 85.1 cm³/mol. The summed E-state index contributed by atoms with van der Waals surface area (Å²) in [6, 6.07) is 14.9. The second-order valence-corrected chi connectivity index (χ2v) is 5.03. The van der Waals surface area contributed by atoms with Gasteiger partial charge in [-0.25, -0.2) is 9.59 Å². The standard InChI is InChI=1S/C17H18N2O4/c18-17(22)19-15(16(20)21)10-13-7-4-8-14(9-13)23-11-12-5-2-1-3-6-12/h1-9,15H,10-11H2,(H,20,21)(H3,18,19,22). The molecule has 0 bridgehead atoms. The number of urea groups is 1. The molecule has 0 aromatic heterocycles. The molecule has 0 heterocycles. The molecule has 2 aromatic carbocycles. The van der Waals surface area contributed by atoms with E-state index in [0.29, 0.717) is 12.4 Å². The van der Waals surface area contributed by atoms with Crippen LogP contribution in [0.4, 0.5) is 4.79 Å². The number of primary amides is 1. The Morgan fingerprint density at radius 3 is 2.43 bits per heavy atom. The quantitative estimate of drug-likeness (QED) is 0.726. The molecular weight excluding hydrogens is 296 g/mol. The maximum Gasteiger partial charge on any atom is 0.326 e. The van der Waals surface area contributed by atoms with Crippen molar-refractivity contribution in [3.8, 4) is 5.75 Å². The first-order valence-corrected chi connectivity index (χ1v) is 7.09. The molecular formula is C17H18N2O4. The highest BCUT2D eigenvalue weighted by molar-refractivity contribution is 5.81. The van der Waals surface area contributed by atoms with Crippen molar-refractivity contribution in [2.45, 2.75) is 19.1 Å². The summed E-state index contributed by atoms with van der Waals surface area (Å²) < 4.78 is 5.70. The third-order valence-electron chi connectivity index (χ3n) is 3.20. The number of amides is 2. The van der Waals surface area contributed by atoms with Gasteiger partial charge in [-0.15, -0.1) is 0 Å². The van der Waals surface area contributed by atoms with Crippen LogP contribution in [0.3, 0.4) is 0 Å². The highest BCUT2D eigenvalue weighted by atomic mass is 16.5. The average molecular weight is 314 g/mol. The van der Waals surface area contributed by atoms with E-state index < -0.39 is 18.0 Å². The van der Waals surface area contributed by atoms with Gasteiger partial charge in [0.25, 0.3) is 0 Å². The molecule has 6 heteroatoms. The van der Waals surface area contributed by atoms with E-state index in [4.69, 9.17) is 15.6 Å². The predicted octanol–water partition coefficient (Wildman–Crippen LogP) is 1.93. The topological polar surface area (TPSA) is 102 Å². The lowest BCUT2D eigenvalue weighted by Gasteiger charge is -2.14. The Hall–Kier alpha value is -3.02. The maximum absolute atomic E-state index is 11.1. The van der Waals surface area contributed by atoms with Gasteiger partial charge in [0.05, 0.1) is 0 Å². The summed E-state index contributed by atoms with van der Waals surface area (Å²) in [7, 11) is 0. The average Bonchev–Trinajstić information content (AvgIpc) is 2.53. The van der Waals surface area contributed by atoms with Gasteiger partial charge in [0.15, 0.2) is 0 Å². The zero-order chi connectivity index (χ0) is 16.7. The Bertz CT molecular complexity index is 673. The minimum atomic E-state index is -1.14. The summed E-state index contributed by atoms with van der Waals surface area (Å²) in [4.78, 5) is 22.0. The molecule has 2 amide bonds. The molecule has 0 aliphatic carbocycles. The molecule has 2 rings (SSSR count). The Morgan fingerprint density at radius 2 is 1.78 bits per heavy atom. The Labute approximate surface area is 133 Å². The van der Waals surface area contributed by atoms with E-state index in [1.165, 1.54) is 0 Å². The van der Waals surface area contributed by atoms with E-state index >= 15 is 0 Å². The van der Waals surface area contributed by atoms with E-state index in [1.54, 1.807) is 24.3 Å². The number of hydrogen-bond acceptors (Lipinski definition) is 3. The molecule has 6 nitrogen and oxygen atoms in total. The summed E-state index contributed by atoms with van der Waals surface area (Å²) in [5, 5.41) is 11.3. The molecule has 0 radical (unpaired) electrons. The van der Waals surface area contributed by atoms with Crippen LogP contribution < -0.4 is 15.8 Å². The van der Waals surface area contributed by atoms with E-state index in [9.17, 15) is 9.59 Å². The van der Waals surface area contributed by atoms with Crippen molar-refractivity contribution >= 4 is 12.0 Å². The number of ether oxygens (including phenoxy) is 1. The smallest absolute Gasteiger partial charge is 0.326 e. The third kappa shape index (κ3) is 5.35. The van der Waals surface area contributed by atoms with Crippen molar-refractivity contribution in [1.29, 1.82) is 0 Å². The van der Waals surface area contributed by atoms with Crippen molar-refractivity contribution in [2.75, 3.05) is 0 Å². The molecule has 2 aromatic rings. The van der Waals surface area contributed by atoms with Gasteiger partial charge in [0, 0.05) is 6.42 Å². The number of hydrogen-bond donors (Lipinski definition) is 3. The van der Waals surface area contributed by atoms with Crippen LogP contribution in [-0.2, 0) is 17.8 Å². The fourth-order valence-corrected chi connectivity index (χ4v) is 2.11. The van der Waals surface area contributed by atoms with Crippen LogP contribution in [0.25, 0.3) is 0 Å². The van der Waals surface area contributed by atoms with Crippen LogP contribution in [0.1, 0.15) is 11.1 Å². The van der Waals surface area contributed by atoms with Crippen LogP contribution in [0.2, 0.25) is 0 Å². The van der Waals surface area contributed by atoms with E-state index in [2.05, 4.69) is 5.32 Å². The summed E-state index contributed by atoms with van der Waals surface area (Å²) in [5.74, 6) is -0.506. The highest BCUT2D eigenvalue weighted by Gasteiger charge is 2.19. The lowest BCUT2D eigenvalue weighted by molar-refractivity contribution is -0.139. The van der Waals surface area contributed by atoms with E-state index in [-0.39, 0.29) is 6.42 Å². The van der Waals surface area contributed by atoms with Gasteiger partial charge in [-0.05, 0) is 23.3 Å². The largest absolute Gasteiger partial charge is 0.489 e. The number of nitrogens with two attached hydrogens (primary N) is 1. The number of rotatable bonds is 7. The number of carbonyl (C=O) groups excluding carboxylic acids is 1. The molecule has 4 N–H and O–H groups in total. The van der Waals surface area contributed by atoms with Crippen LogP contribution in [0.15, 0.2) is 54.6 Å². The van der Waals surface area contributed by atoms with Crippen molar-refractivity contribution < 1.29 is 19.4 Å². The van der Waals surface area contributed by atoms with Gasteiger partial charge in [-0.1, -0.05) is 42.5 Å². The summed E-state index contributed by atoms with van der Waals surface area (Å²) >= 11 is 0. The lowest BCUT2D eigenvalue weighted by atomic mass is 10.1. The molecule has 0 aliphatic heterocycles. The Kier molecular flexibility index (Phi) is 5.57. The van der Waals surface area contributed by atoms with Crippen molar-refractivity contribution in [1.82, 2.24) is 5.32 Å². The fourth-order valence-electron chi connectivity index (χ4n) is 2.11. The van der Waals surface area contributed by atoms with Gasteiger partial charge < -0.3 is 20.9 Å². The maximum atomic E-state index is 11.1. The monoisotopic (exact) mass is 314 g/mol. The highest BCUT2D eigenvalue weighted by Crippen LogP contribution is 2.16. The van der Waals surface area contributed by atoms with Crippen molar-refractivity contribution in [2.24, 2.45) is 5.73 Å². The number of aliphatic carboxylic acids is 1. The van der Waals surface area contributed by atoms with Crippen molar-refractivity contribution in [3.05, 3.63) is 65.7 Å². The second-order valence-electron chi connectivity index (χ2n) is 5.03. The van der Waals surface area contributed by atoms with Crippen LogP contribution in [-0.4, -0.2) is 23.1 Å². The Morgan fingerprint density at radius 1 is 1.09 bits per heavy atom. The molecule has 0 saturated heterocycles.